The number of allylic oxidation sites excluding steroid dienone is 2. The van der Waals surface area contributed by atoms with Gasteiger partial charge in [-0.15, -0.1) is 5.10 Å². The predicted molar refractivity (Wildman–Crippen MR) is 181 cm³/mol. The number of ketones is 1. The number of hydrogen-bond acceptors (Lipinski definition) is 9. The van der Waals surface area contributed by atoms with Gasteiger partial charge in [0, 0.05) is 50.9 Å². The minimum Gasteiger partial charge on any atom is -0.505 e. The van der Waals surface area contributed by atoms with Crippen LogP contribution in [0.4, 0.5) is 30.8 Å². The lowest BCUT2D eigenvalue weighted by molar-refractivity contribution is -0.118. The van der Waals surface area contributed by atoms with Gasteiger partial charge in [0.25, 0.3) is 11.5 Å². The largest absolute Gasteiger partial charge is 0.505 e. The second kappa shape index (κ2) is 11.9. The van der Waals surface area contributed by atoms with Crippen molar-refractivity contribution in [3.05, 3.63) is 76.2 Å². The number of anilines is 2. The number of carbonyl (C=O) groups is 3. The number of pyridine rings is 1. The van der Waals surface area contributed by atoms with Crippen molar-refractivity contribution in [3.63, 3.8) is 0 Å². The molecule has 2 unspecified atom stereocenters. The molecule has 2 atom stereocenters. The molecule has 2 N–H and O–H groups in total. The summed E-state index contributed by atoms with van der Waals surface area (Å²) in [5.74, 6) is -0.877. The molecular formula is C33H33F5N8O5S. The molecule has 276 valence electrons. The molecular weight excluding hydrogens is 715 g/mol. The lowest BCUT2D eigenvalue weighted by Gasteiger charge is -2.40. The van der Waals surface area contributed by atoms with E-state index >= 15 is 0 Å². The first-order valence-electron chi connectivity index (χ1n) is 16.5. The van der Waals surface area contributed by atoms with Crippen LogP contribution in [0.25, 0.3) is 11.4 Å². The maximum atomic E-state index is 14.2. The standard InChI is InChI=1S/C33H33F5N8O5S/c1-2-25-29(43-10-12-44(13-11-43)31(50)28-26(48)4-3-9-39-28)32(51)46-33(41-30(42-46)21-14-19-16-23(47)17-20(19)15-21)45(25)18-27(49)40-22-5-7-24(8-6-22)52(34,35,36,37)38/h3-9,14,19-20,48H,2,10-13,15-18H2,1H3,(H,40,49). The maximum absolute atomic E-state index is 14.2. The number of benzene rings is 1. The van der Waals surface area contributed by atoms with Gasteiger partial charge in [0.2, 0.25) is 11.7 Å². The Morgan fingerprint density at radius 2 is 1.69 bits per heavy atom. The van der Waals surface area contributed by atoms with Crippen molar-refractivity contribution in [1.82, 2.24) is 29.0 Å². The lowest BCUT2D eigenvalue weighted by Crippen LogP contribution is -2.51. The first-order chi connectivity index (χ1) is 24.4. The van der Waals surface area contributed by atoms with Crippen molar-refractivity contribution < 1.29 is 38.9 Å². The number of nitrogens with one attached hydrogen (secondary N) is 1. The number of rotatable bonds is 8. The van der Waals surface area contributed by atoms with E-state index < -0.39 is 39.0 Å². The zero-order valence-corrected chi connectivity index (χ0v) is 28.5. The number of fused-ring (bicyclic) bond motifs is 2. The molecule has 13 nitrogen and oxygen atoms in total. The molecule has 2 aliphatic carbocycles. The third-order valence-corrected chi connectivity index (χ3v) is 10.8. The van der Waals surface area contributed by atoms with E-state index in [-0.39, 0.29) is 96.8 Å². The van der Waals surface area contributed by atoms with Gasteiger partial charge in [0.1, 0.15) is 28.7 Å². The van der Waals surface area contributed by atoms with Crippen LogP contribution in [0.15, 0.2) is 58.4 Å². The summed E-state index contributed by atoms with van der Waals surface area (Å²) in [6.07, 6.45) is 4.95. The number of aromatic nitrogens is 5. The molecule has 0 bridgehead atoms. The zero-order chi connectivity index (χ0) is 37.2. The smallest absolute Gasteiger partial charge is 0.310 e. The van der Waals surface area contributed by atoms with Gasteiger partial charge < -0.3 is 24.8 Å². The fourth-order valence-corrected chi connectivity index (χ4v) is 7.85. The quantitative estimate of drug-likeness (QED) is 0.232. The Kier molecular flexibility index (Phi) is 8.00. The van der Waals surface area contributed by atoms with Crippen LogP contribution in [0.2, 0.25) is 0 Å². The van der Waals surface area contributed by atoms with E-state index in [1.807, 2.05) is 6.08 Å². The molecule has 7 rings (SSSR count). The summed E-state index contributed by atoms with van der Waals surface area (Å²) in [6, 6.07) is 4.71. The summed E-state index contributed by atoms with van der Waals surface area (Å²) in [4.78, 5) is 62.6. The number of amides is 2. The molecule has 1 aliphatic heterocycles. The van der Waals surface area contributed by atoms with Crippen molar-refractivity contribution in [2.24, 2.45) is 11.8 Å². The Labute approximate surface area is 292 Å². The van der Waals surface area contributed by atoms with Crippen molar-refractivity contribution in [2.45, 2.75) is 44.0 Å². The highest BCUT2D eigenvalue weighted by atomic mass is 32.5. The van der Waals surface area contributed by atoms with Gasteiger partial charge in [-0.3, -0.25) is 19.2 Å². The van der Waals surface area contributed by atoms with Crippen molar-refractivity contribution in [2.75, 3.05) is 36.4 Å². The number of halogens is 5. The van der Waals surface area contributed by atoms with Gasteiger partial charge in [0.15, 0.2) is 11.5 Å². The van der Waals surface area contributed by atoms with E-state index in [0.717, 1.165) is 22.2 Å². The highest BCUT2D eigenvalue weighted by Crippen LogP contribution is 3.02. The summed E-state index contributed by atoms with van der Waals surface area (Å²) in [5, 5.41) is 17.1. The van der Waals surface area contributed by atoms with E-state index in [1.54, 1.807) is 11.8 Å². The van der Waals surface area contributed by atoms with Crippen molar-refractivity contribution in [3.8, 4) is 5.75 Å². The van der Waals surface area contributed by atoms with Gasteiger partial charge in [0.05, 0.1) is 5.69 Å². The summed E-state index contributed by atoms with van der Waals surface area (Å²) >= 11 is 0. The normalized spacial score (nSPS) is 20.4. The molecule has 4 aromatic rings. The van der Waals surface area contributed by atoms with Crippen LogP contribution in [0.5, 0.6) is 5.75 Å². The molecule has 2 fully saturated rings. The van der Waals surface area contributed by atoms with Crippen molar-refractivity contribution in [1.29, 1.82) is 0 Å². The number of carbonyl (C=O) groups excluding carboxylic acids is 3. The molecule has 1 saturated carbocycles. The van der Waals surface area contributed by atoms with E-state index in [4.69, 9.17) is 0 Å². The van der Waals surface area contributed by atoms with Gasteiger partial charge in [-0.1, -0.05) is 32.4 Å². The molecule has 0 spiro atoms. The lowest BCUT2D eigenvalue weighted by atomic mass is 10.00. The fourth-order valence-electron chi connectivity index (χ4n) is 7.20. The van der Waals surface area contributed by atoms with Crippen LogP contribution in [0, 0.1) is 11.8 Å². The predicted octanol–water partition coefficient (Wildman–Crippen LogP) is 5.19. The number of aromatic hydroxyl groups is 1. The average Bonchev–Trinajstić information content (AvgIpc) is 3.79. The van der Waals surface area contributed by atoms with E-state index in [2.05, 4.69) is 20.4 Å². The van der Waals surface area contributed by atoms with E-state index in [9.17, 15) is 43.7 Å². The zero-order valence-electron chi connectivity index (χ0n) is 27.6. The second-order valence-corrected chi connectivity index (χ2v) is 15.6. The molecule has 1 aromatic carbocycles. The van der Waals surface area contributed by atoms with Crippen molar-refractivity contribution >= 4 is 50.5 Å². The third-order valence-electron chi connectivity index (χ3n) is 9.66. The minimum absolute atomic E-state index is 0.0282. The molecule has 4 heterocycles. The van der Waals surface area contributed by atoms with Crippen LogP contribution in [-0.2, 0) is 22.6 Å². The number of hydrogen-bond donors (Lipinski definition) is 2. The topological polar surface area (TPSA) is 155 Å². The fraction of sp³-hybridized carbons (Fsp3) is 0.364. The first kappa shape index (κ1) is 35.1. The van der Waals surface area contributed by atoms with E-state index in [1.165, 1.54) is 27.8 Å². The summed E-state index contributed by atoms with van der Waals surface area (Å²) in [6.45, 7) is 2.02. The Bertz CT molecular complexity index is 2230. The Hall–Kier alpha value is -5.33. The molecule has 19 heteroatoms. The molecule has 0 radical (unpaired) electrons. The highest BCUT2D eigenvalue weighted by Gasteiger charge is 2.65. The first-order valence-corrected chi connectivity index (χ1v) is 18.4. The van der Waals surface area contributed by atoms with Crippen LogP contribution >= 0.6 is 10.2 Å². The number of piperazine rings is 1. The molecule has 2 amide bonds. The molecule has 1 saturated heterocycles. The Balaban J connectivity index is 1.22. The SMILES string of the molecule is CCc1c(N2CCN(C(=O)c3ncccc3O)CC2)c(=O)n2nc(C3=CC4CC(=O)CC4C3)nc2n1CC(=O)Nc1ccc(S(F)(F)(F)(F)F)cc1. The van der Waals surface area contributed by atoms with Crippen LogP contribution in [0.3, 0.4) is 0 Å². The molecule has 3 aromatic heterocycles. The maximum Gasteiger partial charge on any atom is 0.310 e. The third kappa shape index (κ3) is 6.59. The summed E-state index contributed by atoms with van der Waals surface area (Å²) < 4.78 is 68.8. The van der Waals surface area contributed by atoms with Crippen LogP contribution in [-0.4, -0.2) is 77.9 Å². The highest BCUT2D eigenvalue weighted by molar-refractivity contribution is 8.45. The molecule has 52 heavy (non-hydrogen) atoms. The number of Topliss-reactive ketones (excluding diaryl/α,β-unsaturated/α-hetero) is 1. The van der Waals surface area contributed by atoms with Gasteiger partial charge in [-0.05, 0) is 66.6 Å². The average molecular weight is 749 g/mol. The summed E-state index contributed by atoms with van der Waals surface area (Å²) in [5.41, 5.74) is 0.571. The summed E-state index contributed by atoms with van der Waals surface area (Å²) in [7, 11) is -9.92. The Morgan fingerprint density at radius 1 is 0.981 bits per heavy atom. The van der Waals surface area contributed by atoms with Gasteiger partial charge in [-0.25, -0.2) is 4.98 Å². The van der Waals surface area contributed by atoms with Gasteiger partial charge in [-0.2, -0.15) is 9.50 Å². The van der Waals surface area contributed by atoms with Gasteiger partial charge >= 0.3 is 10.2 Å². The Morgan fingerprint density at radius 3 is 2.33 bits per heavy atom. The minimum atomic E-state index is -9.92. The van der Waals surface area contributed by atoms with Crippen LogP contribution < -0.4 is 15.8 Å². The number of nitrogens with zero attached hydrogens (tertiary/aromatic N) is 7. The monoisotopic (exact) mass is 748 g/mol. The van der Waals surface area contributed by atoms with Crippen LogP contribution in [0.1, 0.15) is 48.2 Å². The molecule has 3 aliphatic rings. The second-order valence-electron chi connectivity index (χ2n) is 13.1. The van der Waals surface area contributed by atoms with E-state index in [0.29, 0.717) is 25.0 Å².